The summed E-state index contributed by atoms with van der Waals surface area (Å²) >= 11 is 6.72. The molecule has 0 amide bonds. The lowest BCUT2D eigenvalue weighted by Gasteiger charge is -2.37. The van der Waals surface area contributed by atoms with Crippen LogP contribution < -0.4 is 4.74 Å². The molecule has 2 aromatic carbocycles. The van der Waals surface area contributed by atoms with Crippen LogP contribution in [0.2, 0.25) is 5.02 Å². The zero-order chi connectivity index (χ0) is 20.8. The highest BCUT2D eigenvalue weighted by atomic mass is 35.5. The van der Waals surface area contributed by atoms with Crippen LogP contribution in [0.15, 0.2) is 30.3 Å². The zero-order valence-corrected chi connectivity index (χ0v) is 17.5. The Hall–Kier alpha value is -1.63. The van der Waals surface area contributed by atoms with Gasteiger partial charge in [0.25, 0.3) is 0 Å². The van der Waals surface area contributed by atoms with Crippen LogP contribution in [0.5, 0.6) is 5.75 Å². The van der Waals surface area contributed by atoms with Gasteiger partial charge in [0.05, 0.1) is 30.4 Å². The van der Waals surface area contributed by atoms with Crippen molar-refractivity contribution in [3.8, 4) is 5.75 Å². The van der Waals surface area contributed by atoms with Gasteiger partial charge in [-0.2, -0.15) is 0 Å². The molecular formula is C24H27ClO5. The summed E-state index contributed by atoms with van der Waals surface area (Å²) in [4.78, 5) is 0. The first-order chi connectivity index (χ1) is 14.5. The number of aliphatic hydroxyl groups is 3. The molecule has 5 nitrogen and oxygen atoms in total. The molecule has 3 N–H and O–H groups in total. The lowest BCUT2D eigenvalue weighted by atomic mass is 9.88. The van der Waals surface area contributed by atoms with Gasteiger partial charge in [0, 0.05) is 18.4 Å². The Morgan fingerprint density at radius 1 is 1.10 bits per heavy atom. The van der Waals surface area contributed by atoms with Crippen molar-refractivity contribution in [2.24, 2.45) is 0 Å². The summed E-state index contributed by atoms with van der Waals surface area (Å²) in [6.45, 7) is 0.212. The number of benzene rings is 2. The summed E-state index contributed by atoms with van der Waals surface area (Å²) in [6, 6.07) is 10.8. The molecule has 0 aromatic heterocycles. The molecule has 1 saturated carbocycles. The van der Waals surface area contributed by atoms with Crippen molar-refractivity contribution in [3.05, 3.63) is 63.2 Å². The summed E-state index contributed by atoms with van der Waals surface area (Å²) in [5.41, 5.74) is 5.47. The third kappa shape index (κ3) is 3.74. The molecule has 6 heteroatoms. The van der Waals surface area contributed by atoms with E-state index in [-0.39, 0.29) is 13.0 Å². The summed E-state index contributed by atoms with van der Waals surface area (Å²) < 4.78 is 11.8. The van der Waals surface area contributed by atoms with Gasteiger partial charge < -0.3 is 24.8 Å². The molecule has 0 spiro atoms. The molecule has 2 heterocycles. The maximum Gasteiger partial charge on any atom is 0.141 e. The lowest BCUT2D eigenvalue weighted by Crippen LogP contribution is -2.47. The van der Waals surface area contributed by atoms with E-state index in [4.69, 9.17) is 21.1 Å². The normalized spacial score (nSPS) is 28.3. The highest BCUT2D eigenvalue weighted by Crippen LogP contribution is 2.45. The van der Waals surface area contributed by atoms with E-state index >= 15 is 0 Å². The Morgan fingerprint density at radius 3 is 2.57 bits per heavy atom. The Labute approximate surface area is 181 Å². The van der Waals surface area contributed by atoms with Gasteiger partial charge in [-0.05, 0) is 47.4 Å². The Morgan fingerprint density at radius 2 is 1.87 bits per heavy atom. The van der Waals surface area contributed by atoms with E-state index in [0.29, 0.717) is 23.8 Å². The molecule has 0 unspecified atom stereocenters. The van der Waals surface area contributed by atoms with Crippen molar-refractivity contribution in [3.63, 3.8) is 0 Å². The Bertz CT molecular complexity index is 924. The van der Waals surface area contributed by atoms with Gasteiger partial charge in [-0.3, -0.25) is 0 Å². The van der Waals surface area contributed by atoms with E-state index in [9.17, 15) is 15.3 Å². The summed E-state index contributed by atoms with van der Waals surface area (Å²) in [7, 11) is 0. The van der Waals surface area contributed by atoms with E-state index in [1.165, 1.54) is 24.0 Å². The Kier molecular flexibility index (Phi) is 5.50. The van der Waals surface area contributed by atoms with Crippen LogP contribution in [0.1, 0.15) is 59.1 Å². The van der Waals surface area contributed by atoms with Crippen molar-refractivity contribution in [2.45, 2.75) is 62.4 Å². The number of rotatable bonds is 5. The average Bonchev–Trinajstić information content (AvgIpc) is 3.48. The van der Waals surface area contributed by atoms with Crippen molar-refractivity contribution >= 4 is 11.6 Å². The van der Waals surface area contributed by atoms with Gasteiger partial charge >= 0.3 is 0 Å². The van der Waals surface area contributed by atoms with Gasteiger partial charge in [0.1, 0.15) is 18.0 Å². The first kappa shape index (κ1) is 20.3. The zero-order valence-electron chi connectivity index (χ0n) is 16.8. The monoisotopic (exact) mass is 430 g/mol. The molecular weight excluding hydrogens is 404 g/mol. The second kappa shape index (κ2) is 8.13. The highest BCUT2D eigenvalue weighted by molar-refractivity contribution is 6.33. The molecule has 4 atom stereocenters. The minimum atomic E-state index is -1.09. The molecule has 160 valence electrons. The number of halogens is 1. The van der Waals surface area contributed by atoms with Gasteiger partial charge in [0.15, 0.2) is 0 Å². The SMILES string of the molecule is OC[C@H]1O[C@@H](c2cc(Cc3ccc(C4CC4)cc3)c(Cl)c3c2CCO3)C[C@@H](O)[C@@H]1O. The third-order valence-corrected chi connectivity index (χ3v) is 6.97. The molecule has 2 fully saturated rings. The van der Waals surface area contributed by atoms with Gasteiger partial charge in [0.2, 0.25) is 0 Å². The number of aliphatic hydroxyl groups excluding tert-OH is 3. The van der Waals surface area contributed by atoms with Crippen LogP contribution in [-0.4, -0.2) is 46.8 Å². The van der Waals surface area contributed by atoms with E-state index in [1.807, 2.05) is 6.07 Å². The molecule has 1 aliphatic carbocycles. The van der Waals surface area contributed by atoms with Crippen LogP contribution in [-0.2, 0) is 17.6 Å². The van der Waals surface area contributed by atoms with Crippen molar-refractivity contribution in [1.29, 1.82) is 0 Å². The summed E-state index contributed by atoms with van der Waals surface area (Å²) in [5.74, 6) is 1.43. The van der Waals surface area contributed by atoms with Crippen LogP contribution in [0.3, 0.4) is 0 Å². The fraction of sp³-hybridized carbons (Fsp3) is 0.500. The highest BCUT2D eigenvalue weighted by Gasteiger charge is 2.39. The fourth-order valence-corrected chi connectivity index (χ4v) is 4.97. The van der Waals surface area contributed by atoms with E-state index in [0.717, 1.165) is 29.0 Å². The molecule has 0 radical (unpaired) electrons. The van der Waals surface area contributed by atoms with Crippen molar-refractivity contribution in [2.75, 3.05) is 13.2 Å². The first-order valence-electron chi connectivity index (χ1n) is 10.7. The number of hydrogen-bond acceptors (Lipinski definition) is 5. The minimum Gasteiger partial charge on any atom is -0.491 e. The van der Waals surface area contributed by atoms with Gasteiger partial charge in [-0.15, -0.1) is 0 Å². The van der Waals surface area contributed by atoms with Crippen LogP contribution in [0.4, 0.5) is 0 Å². The van der Waals surface area contributed by atoms with E-state index in [2.05, 4.69) is 24.3 Å². The molecule has 0 bridgehead atoms. The number of fused-ring (bicyclic) bond motifs is 1. The predicted octanol–water partition coefficient (Wildman–Crippen LogP) is 3.29. The molecule has 1 saturated heterocycles. The summed E-state index contributed by atoms with van der Waals surface area (Å²) in [6.07, 6.45) is 0.954. The van der Waals surface area contributed by atoms with Crippen LogP contribution in [0, 0.1) is 0 Å². The van der Waals surface area contributed by atoms with E-state index in [1.54, 1.807) is 0 Å². The van der Waals surface area contributed by atoms with Gasteiger partial charge in [-0.1, -0.05) is 41.9 Å². The van der Waals surface area contributed by atoms with Crippen molar-refractivity contribution < 1.29 is 24.8 Å². The molecule has 3 aliphatic rings. The second-order valence-corrected chi connectivity index (χ2v) is 9.06. The quantitative estimate of drug-likeness (QED) is 0.678. The smallest absolute Gasteiger partial charge is 0.141 e. The average molecular weight is 431 g/mol. The van der Waals surface area contributed by atoms with Gasteiger partial charge in [-0.25, -0.2) is 0 Å². The molecule has 2 aliphatic heterocycles. The third-order valence-electron chi connectivity index (χ3n) is 6.55. The lowest BCUT2D eigenvalue weighted by molar-refractivity contribution is -0.181. The first-order valence-corrected chi connectivity index (χ1v) is 11.1. The number of hydrogen-bond donors (Lipinski definition) is 3. The largest absolute Gasteiger partial charge is 0.491 e. The maximum atomic E-state index is 10.3. The van der Waals surface area contributed by atoms with Crippen molar-refractivity contribution in [1.82, 2.24) is 0 Å². The second-order valence-electron chi connectivity index (χ2n) is 8.68. The molecule has 30 heavy (non-hydrogen) atoms. The minimum absolute atomic E-state index is 0.265. The maximum absolute atomic E-state index is 10.3. The van der Waals surface area contributed by atoms with Crippen LogP contribution >= 0.6 is 11.6 Å². The standard InChI is InChI=1S/C24H27ClO5/c25-22-16(9-13-1-3-14(4-2-13)15-5-6-15)10-18(17-7-8-29-24(17)22)20-11-19(27)23(28)21(12-26)30-20/h1-4,10,15,19-21,23,26-28H,5-9,11-12H2/t19-,20-,21-,23+/m1/s1. The predicted molar refractivity (Wildman–Crippen MR) is 113 cm³/mol. The molecule has 5 rings (SSSR count). The topological polar surface area (TPSA) is 79.2 Å². The fourth-order valence-electron chi connectivity index (χ4n) is 4.68. The number of ether oxygens (including phenoxy) is 2. The summed E-state index contributed by atoms with van der Waals surface area (Å²) in [5, 5.41) is 30.6. The van der Waals surface area contributed by atoms with E-state index < -0.39 is 24.4 Å². The van der Waals surface area contributed by atoms with Crippen LogP contribution in [0.25, 0.3) is 0 Å². The Balaban J connectivity index is 1.47. The molecule has 2 aromatic rings.